The van der Waals surface area contributed by atoms with Gasteiger partial charge in [0, 0.05) is 13.1 Å². The number of carbonyl (C=O) groups excluding carboxylic acids is 1. The van der Waals surface area contributed by atoms with Gasteiger partial charge in [-0.2, -0.15) is 13.5 Å². The predicted octanol–water partition coefficient (Wildman–Crippen LogP) is 4.24. The van der Waals surface area contributed by atoms with E-state index in [2.05, 4.69) is 4.90 Å². The van der Waals surface area contributed by atoms with Crippen molar-refractivity contribution >= 4 is 19.6 Å². The summed E-state index contributed by atoms with van der Waals surface area (Å²) in [4.78, 5) is 16.7. The van der Waals surface area contributed by atoms with E-state index in [-0.39, 0.29) is 31.7 Å². The van der Waals surface area contributed by atoms with Crippen LogP contribution in [-0.4, -0.2) is 68.5 Å². The summed E-state index contributed by atoms with van der Waals surface area (Å²) in [6.07, 6.45) is 3.15. The van der Waals surface area contributed by atoms with Crippen LogP contribution in [0.3, 0.4) is 0 Å². The molecule has 0 saturated carbocycles. The standard InChI is InChI=1S/C26H32N2O5.H2S/c1-30-21-8-6-20(7-9-21)23-18-32-26(29)28(23)15-12-19-10-13-27(14-11-19)16-22-17-31-24-4-2-3-5-25(24)33-22;/h2-9,19,22-23H,10-18H2,1H3;1H2/t22-,23?;/m0./s1. The first kappa shape index (κ1) is 24.5. The van der Waals surface area contributed by atoms with Gasteiger partial charge in [-0.25, -0.2) is 4.79 Å². The Balaban J connectivity index is 0.00000274. The van der Waals surface area contributed by atoms with Crippen LogP contribution in [0.15, 0.2) is 48.5 Å². The number of carbonyl (C=O) groups is 1. The Labute approximate surface area is 208 Å². The van der Waals surface area contributed by atoms with Gasteiger partial charge in [-0.15, -0.1) is 0 Å². The molecule has 0 bridgehead atoms. The molecule has 2 aromatic carbocycles. The average Bonchev–Trinajstić information content (AvgIpc) is 3.23. The number of para-hydroxylation sites is 2. The number of rotatable bonds is 7. The normalized spacial score (nSPS) is 22.7. The van der Waals surface area contributed by atoms with E-state index >= 15 is 0 Å². The smallest absolute Gasteiger partial charge is 0.410 e. The van der Waals surface area contributed by atoms with Crippen LogP contribution in [0.5, 0.6) is 17.2 Å². The fourth-order valence-corrected chi connectivity index (χ4v) is 5.02. The lowest BCUT2D eigenvalue weighted by Crippen LogP contribution is -2.44. The van der Waals surface area contributed by atoms with Crippen LogP contribution in [-0.2, 0) is 4.74 Å². The zero-order valence-corrected chi connectivity index (χ0v) is 20.7. The lowest BCUT2D eigenvalue weighted by Gasteiger charge is -2.36. The second-order valence-corrected chi connectivity index (χ2v) is 9.09. The second-order valence-electron chi connectivity index (χ2n) is 9.09. The van der Waals surface area contributed by atoms with Gasteiger partial charge >= 0.3 is 6.09 Å². The Kier molecular flexibility index (Phi) is 8.11. The summed E-state index contributed by atoms with van der Waals surface area (Å²) in [5.41, 5.74) is 1.09. The maximum atomic E-state index is 12.4. The highest BCUT2D eigenvalue weighted by molar-refractivity contribution is 7.59. The summed E-state index contributed by atoms with van der Waals surface area (Å²) in [5.74, 6) is 3.11. The molecule has 2 fully saturated rings. The van der Waals surface area contributed by atoms with Crippen molar-refractivity contribution < 1.29 is 23.7 Å². The van der Waals surface area contributed by atoms with Crippen molar-refractivity contribution in [3.63, 3.8) is 0 Å². The highest BCUT2D eigenvalue weighted by Gasteiger charge is 2.34. The Bertz CT molecular complexity index is 948. The summed E-state index contributed by atoms with van der Waals surface area (Å²) < 4.78 is 22.6. The zero-order valence-electron chi connectivity index (χ0n) is 19.7. The Morgan fingerprint density at radius 3 is 2.44 bits per heavy atom. The van der Waals surface area contributed by atoms with E-state index in [0.717, 1.165) is 68.3 Å². The fourth-order valence-electron chi connectivity index (χ4n) is 5.02. The van der Waals surface area contributed by atoms with Crippen LogP contribution in [0.25, 0.3) is 0 Å². The Morgan fingerprint density at radius 2 is 1.71 bits per heavy atom. The number of likely N-dealkylation sites (tertiary alicyclic amines) is 1. The molecule has 1 amide bonds. The number of hydrogen-bond acceptors (Lipinski definition) is 6. The van der Waals surface area contributed by atoms with E-state index in [1.54, 1.807) is 7.11 Å². The minimum atomic E-state index is -0.206. The van der Waals surface area contributed by atoms with Gasteiger partial charge in [0.2, 0.25) is 0 Å². The summed E-state index contributed by atoms with van der Waals surface area (Å²) in [5, 5.41) is 0. The number of piperidine rings is 1. The zero-order chi connectivity index (χ0) is 22.6. The first-order valence-corrected chi connectivity index (χ1v) is 11.9. The number of nitrogens with zero attached hydrogens (tertiary/aromatic N) is 2. The fraction of sp³-hybridized carbons (Fsp3) is 0.500. The molecule has 3 heterocycles. The SMILES string of the molecule is COc1ccc(C2COC(=O)N2CCC2CCN(C[C@H]3COc4ccccc4O3)CC2)cc1.S. The van der Waals surface area contributed by atoms with Gasteiger partial charge < -0.3 is 18.9 Å². The maximum absolute atomic E-state index is 12.4. The van der Waals surface area contributed by atoms with Gasteiger partial charge in [0.15, 0.2) is 11.5 Å². The van der Waals surface area contributed by atoms with E-state index in [9.17, 15) is 4.79 Å². The van der Waals surface area contributed by atoms with E-state index in [4.69, 9.17) is 18.9 Å². The van der Waals surface area contributed by atoms with Crippen molar-refractivity contribution in [1.82, 2.24) is 9.80 Å². The Hall–Kier alpha value is -2.58. The molecule has 0 N–H and O–H groups in total. The topological polar surface area (TPSA) is 60.5 Å². The molecule has 2 atom stereocenters. The molecule has 0 spiro atoms. The van der Waals surface area contributed by atoms with Gasteiger partial charge in [0.25, 0.3) is 0 Å². The van der Waals surface area contributed by atoms with Crippen LogP contribution in [0, 0.1) is 5.92 Å². The number of benzene rings is 2. The molecule has 0 radical (unpaired) electrons. The molecule has 184 valence electrons. The van der Waals surface area contributed by atoms with Crippen LogP contribution < -0.4 is 14.2 Å². The molecule has 0 aliphatic carbocycles. The third-order valence-electron chi connectivity index (χ3n) is 6.99. The molecule has 2 saturated heterocycles. The maximum Gasteiger partial charge on any atom is 0.410 e. The van der Waals surface area contributed by atoms with Crippen LogP contribution in [0.2, 0.25) is 0 Å². The van der Waals surface area contributed by atoms with E-state index in [1.807, 2.05) is 53.4 Å². The molecule has 3 aliphatic rings. The highest BCUT2D eigenvalue weighted by Crippen LogP contribution is 2.33. The molecule has 34 heavy (non-hydrogen) atoms. The summed E-state index contributed by atoms with van der Waals surface area (Å²) in [6.45, 7) is 4.74. The van der Waals surface area contributed by atoms with Gasteiger partial charge in [-0.05, 0) is 68.1 Å². The third kappa shape index (κ3) is 5.55. The molecular weight excluding hydrogens is 452 g/mol. The number of hydrogen-bond donors (Lipinski definition) is 0. The predicted molar refractivity (Wildman–Crippen MR) is 134 cm³/mol. The van der Waals surface area contributed by atoms with Crippen molar-refractivity contribution in [2.24, 2.45) is 5.92 Å². The average molecular weight is 487 g/mol. The molecule has 1 unspecified atom stereocenters. The summed E-state index contributed by atoms with van der Waals surface area (Å²) in [6, 6.07) is 15.8. The highest BCUT2D eigenvalue weighted by atomic mass is 32.1. The molecular formula is C26H34N2O5S. The van der Waals surface area contributed by atoms with Crippen molar-refractivity contribution in [2.75, 3.05) is 46.5 Å². The van der Waals surface area contributed by atoms with E-state index in [0.29, 0.717) is 19.1 Å². The van der Waals surface area contributed by atoms with Crippen LogP contribution >= 0.6 is 13.5 Å². The minimum absolute atomic E-state index is 0. The monoisotopic (exact) mass is 486 g/mol. The molecule has 0 aromatic heterocycles. The van der Waals surface area contributed by atoms with Gasteiger partial charge in [-0.1, -0.05) is 24.3 Å². The quantitative estimate of drug-likeness (QED) is 0.583. The van der Waals surface area contributed by atoms with Crippen molar-refractivity contribution in [3.05, 3.63) is 54.1 Å². The van der Waals surface area contributed by atoms with E-state index in [1.165, 1.54) is 0 Å². The van der Waals surface area contributed by atoms with Gasteiger partial charge in [0.1, 0.15) is 25.1 Å². The van der Waals surface area contributed by atoms with Crippen molar-refractivity contribution in [1.29, 1.82) is 0 Å². The Morgan fingerprint density at radius 1 is 0.971 bits per heavy atom. The van der Waals surface area contributed by atoms with Crippen molar-refractivity contribution in [2.45, 2.75) is 31.4 Å². The number of cyclic esters (lactones) is 1. The molecule has 5 rings (SSSR count). The molecule has 7 nitrogen and oxygen atoms in total. The number of ether oxygens (including phenoxy) is 4. The molecule has 8 heteroatoms. The van der Waals surface area contributed by atoms with Crippen molar-refractivity contribution in [3.8, 4) is 17.2 Å². The third-order valence-corrected chi connectivity index (χ3v) is 6.99. The summed E-state index contributed by atoms with van der Waals surface area (Å²) >= 11 is 0. The number of amides is 1. The first-order chi connectivity index (χ1) is 16.2. The number of fused-ring (bicyclic) bond motifs is 1. The van der Waals surface area contributed by atoms with E-state index < -0.39 is 0 Å². The van der Waals surface area contributed by atoms with Gasteiger partial charge in [-0.3, -0.25) is 9.80 Å². The van der Waals surface area contributed by atoms with Gasteiger partial charge in [0.05, 0.1) is 13.2 Å². The second kappa shape index (κ2) is 11.2. The first-order valence-electron chi connectivity index (χ1n) is 11.9. The minimum Gasteiger partial charge on any atom is -0.497 e. The van der Waals surface area contributed by atoms with Crippen LogP contribution in [0.4, 0.5) is 4.79 Å². The summed E-state index contributed by atoms with van der Waals surface area (Å²) in [7, 11) is 1.66. The molecule has 3 aliphatic heterocycles. The molecule has 2 aromatic rings. The lowest BCUT2D eigenvalue weighted by molar-refractivity contribution is 0.0466. The lowest BCUT2D eigenvalue weighted by atomic mass is 9.93. The largest absolute Gasteiger partial charge is 0.497 e. The van der Waals surface area contributed by atoms with Crippen LogP contribution in [0.1, 0.15) is 30.9 Å². The number of methoxy groups -OCH3 is 1.